The number of thioether (sulfide) groups is 1. The van der Waals surface area contributed by atoms with Gasteiger partial charge in [-0.25, -0.2) is 4.98 Å². The van der Waals surface area contributed by atoms with E-state index in [9.17, 15) is 4.79 Å². The lowest BCUT2D eigenvalue weighted by atomic mass is 10.1. The van der Waals surface area contributed by atoms with Gasteiger partial charge in [-0.1, -0.05) is 72.4 Å². The lowest BCUT2D eigenvalue weighted by molar-refractivity contribution is 0.107. The molecule has 3 aromatic carbocycles. The molecule has 0 aliphatic carbocycles. The Balaban J connectivity index is 1.42. The molecule has 1 unspecified atom stereocenters. The second-order valence-corrected chi connectivity index (χ2v) is 10.2. The summed E-state index contributed by atoms with van der Waals surface area (Å²) in [5, 5.41) is 3.33. The van der Waals surface area contributed by atoms with Crippen LogP contribution < -0.4 is 15.0 Å². The van der Waals surface area contributed by atoms with Crippen molar-refractivity contribution in [3.8, 4) is 28.3 Å². The predicted octanol–water partition coefficient (Wildman–Crippen LogP) is 6.35. The number of thiophene rings is 1. The number of hydrogen-bond donors (Lipinski definition) is 0. The summed E-state index contributed by atoms with van der Waals surface area (Å²) in [5.41, 5.74) is 3.73. The Hall–Kier alpha value is -3.55. The Morgan fingerprint density at radius 1 is 1.00 bits per heavy atom. The van der Waals surface area contributed by atoms with Crippen LogP contribution in [0, 0.1) is 6.92 Å². The van der Waals surface area contributed by atoms with Gasteiger partial charge in [0.15, 0.2) is 16.7 Å². The zero-order valence-corrected chi connectivity index (χ0v) is 20.6. The minimum atomic E-state index is -0.143. The summed E-state index contributed by atoms with van der Waals surface area (Å²) in [5.74, 6) is 2.11. The predicted molar refractivity (Wildman–Crippen MR) is 142 cm³/mol. The Kier molecular flexibility index (Phi) is 5.80. The quantitative estimate of drug-likeness (QED) is 0.209. The molecule has 2 aromatic heterocycles. The first-order chi connectivity index (χ1) is 17.2. The maximum atomic E-state index is 14.0. The summed E-state index contributed by atoms with van der Waals surface area (Å²) < 4.78 is 13.8. The summed E-state index contributed by atoms with van der Waals surface area (Å²) in [6, 6.07) is 25.6. The molecule has 1 atom stereocenters. The molecule has 3 heterocycles. The molecule has 0 saturated heterocycles. The monoisotopic (exact) mass is 498 g/mol. The third-order valence-electron chi connectivity index (χ3n) is 5.98. The van der Waals surface area contributed by atoms with Crippen molar-refractivity contribution in [2.24, 2.45) is 0 Å². The maximum absolute atomic E-state index is 14.0. The summed E-state index contributed by atoms with van der Waals surface area (Å²) in [7, 11) is 0. The highest BCUT2D eigenvalue weighted by Crippen LogP contribution is 2.35. The van der Waals surface area contributed by atoms with Crippen molar-refractivity contribution in [2.75, 3.05) is 12.4 Å². The van der Waals surface area contributed by atoms with Crippen LogP contribution in [0.4, 0.5) is 0 Å². The van der Waals surface area contributed by atoms with Crippen molar-refractivity contribution in [1.29, 1.82) is 0 Å². The number of rotatable bonds is 5. The van der Waals surface area contributed by atoms with Crippen LogP contribution in [0.2, 0.25) is 0 Å². The fourth-order valence-electron chi connectivity index (χ4n) is 4.24. The zero-order chi connectivity index (χ0) is 23.8. The molecule has 35 heavy (non-hydrogen) atoms. The lowest BCUT2D eigenvalue weighted by Gasteiger charge is -2.26. The van der Waals surface area contributed by atoms with Gasteiger partial charge < -0.3 is 9.47 Å². The van der Waals surface area contributed by atoms with Gasteiger partial charge in [0.1, 0.15) is 17.5 Å². The SMILES string of the molecule is Cc1ccccc1-n1c(SCC2COc3ccccc3O2)nc2scc(-c3ccccc3)c2c1=O. The van der Waals surface area contributed by atoms with E-state index in [0.717, 1.165) is 38.7 Å². The van der Waals surface area contributed by atoms with Crippen LogP contribution in [-0.2, 0) is 0 Å². The number of nitrogens with zero attached hydrogens (tertiary/aromatic N) is 2. The van der Waals surface area contributed by atoms with Gasteiger partial charge in [0, 0.05) is 16.7 Å². The summed E-state index contributed by atoms with van der Waals surface area (Å²) in [6.07, 6.45) is -0.143. The van der Waals surface area contributed by atoms with Crippen molar-refractivity contribution < 1.29 is 9.47 Å². The van der Waals surface area contributed by atoms with Gasteiger partial charge in [0.25, 0.3) is 5.56 Å². The highest BCUT2D eigenvalue weighted by Gasteiger charge is 2.24. The molecule has 0 amide bonds. The van der Waals surface area contributed by atoms with E-state index < -0.39 is 0 Å². The van der Waals surface area contributed by atoms with Crippen molar-refractivity contribution in [3.63, 3.8) is 0 Å². The van der Waals surface area contributed by atoms with Gasteiger partial charge in [0.05, 0.1) is 11.1 Å². The first kappa shape index (κ1) is 21.9. The van der Waals surface area contributed by atoms with E-state index in [1.54, 1.807) is 4.57 Å². The normalized spacial score (nSPS) is 14.8. The molecule has 1 aliphatic rings. The molecule has 0 radical (unpaired) electrons. The first-order valence-electron chi connectivity index (χ1n) is 11.4. The number of aryl methyl sites for hydroxylation is 1. The van der Waals surface area contributed by atoms with E-state index in [0.29, 0.717) is 22.9 Å². The van der Waals surface area contributed by atoms with E-state index in [-0.39, 0.29) is 11.7 Å². The van der Waals surface area contributed by atoms with E-state index in [4.69, 9.17) is 14.5 Å². The summed E-state index contributed by atoms with van der Waals surface area (Å²) >= 11 is 3.02. The molecule has 0 bridgehead atoms. The fourth-order valence-corrected chi connectivity index (χ4v) is 6.20. The molecule has 6 rings (SSSR count). The number of aromatic nitrogens is 2. The average Bonchev–Trinajstić information content (AvgIpc) is 3.33. The molecular formula is C28H22N2O3S2. The first-order valence-corrected chi connectivity index (χ1v) is 13.2. The van der Waals surface area contributed by atoms with Gasteiger partial charge in [0.2, 0.25) is 0 Å². The average molecular weight is 499 g/mol. The third-order valence-corrected chi connectivity index (χ3v) is 7.93. The molecular weight excluding hydrogens is 476 g/mol. The van der Waals surface area contributed by atoms with Crippen molar-refractivity contribution in [2.45, 2.75) is 18.2 Å². The molecule has 1 aliphatic heterocycles. The summed E-state index contributed by atoms with van der Waals surface area (Å²) in [6.45, 7) is 2.47. The van der Waals surface area contributed by atoms with Crippen LogP contribution in [-0.4, -0.2) is 28.0 Å². The number of hydrogen-bond acceptors (Lipinski definition) is 6. The van der Waals surface area contributed by atoms with E-state index in [1.165, 1.54) is 23.1 Å². The third kappa shape index (κ3) is 4.11. The molecule has 174 valence electrons. The van der Waals surface area contributed by atoms with Crippen molar-refractivity contribution in [1.82, 2.24) is 9.55 Å². The van der Waals surface area contributed by atoms with Crippen LogP contribution >= 0.6 is 23.1 Å². The van der Waals surface area contributed by atoms with Crippen LogP contribution in [0.1, 0.15) is 5.56 Å². The largest absolute Gasteiger partial charge is 0.486 e. The lowest BCUT2D eigenvalue weighted by Crippen LogP contribution is -2.31. The Morgan fingerprint density at radius 3 is 2.57 bits per heavy atom. The van der Waals surface area contributed by atoms with E-state index >= 15 is 0 Å². The maximum Gasteiger partial charge on any atom is 0.268 e. The van der Waals surface area contributed by atoms with Crippen LogP contribution in [0.25, 0.3) is 27.0 Å². The Morgan fingerprint density at radius 2 is 1.74 bits per heavy atom. The highest BCUT2D eigenvalue weighted by molar-refractivity contribution is 7.99. The minimum Gasteiger partial charge on any atom is -0.486 e. The van der Waals surface area contributed by atoms with E-state index in [1.807, 2.05) is 91.2 Å². The molecule has 0 N–H and O–H groups in total. The number of fused-ring (bicyclic) bond motifs is 2. The van der Waals surface area contributed by atoms with E-state index in [2.05, 4.69) is 0 Å². The van der Waals surface area contributed by atoms with Gasteiger partial charge in [-0.3, -0.25) is 9.36 Å². The molecule has 0 spiro atoms. The second-order valence-electron chi connectivity index (χ2n) is 8.33. The number of ether oxygens (including phenoxy) is 2. The topological polar surface area (TPSA) is 53.4 Å². The molecule has 0 fully saturated rings. The van der Waals surface area contributed by atoms with Crippen molar-refractivity contribution >= 4 is 33.3 Å². The molecule has 5 nitrogen and oxygen atoms in total. The summed E-state index contributed by atoms with van der Waals surface area (Å²) in [4.78, 5) is 19.8. The standard InChI is InChI=1S/C28H22N2O3S2/c1-18-9-5-6-12-22(18)30-27(31)25-21(19-10-3-2-4-11-19)17-34-26(25)29-28(30)35-16-20-15-32-23-13-7-8-14-24(23)33-20/h2-14,17,20H,15-16H2,1H3. The minimum absolute atomic E-state index is 0.0574. The van der Waals surface area contributed by atoms with Crippen LogP contribution in [0.3, 0.4) is 0 Å². The Labute approximate surface area is 211 Å². The van der Waals surface area contributed by atoms with Gasteiger partial charge >= 0.3 is 0 Å². The van der Waals surface area contributed by atoms with Gasteiger partial charge in [-0.15, -0.1) is 11.3 Å². The van der Waals surface area contributed by atoms with Gasteiger partial charge in [-0.2, -0.15) is 0 Å². The highest BCUT2D eigenvalue weighted by atomic mass is 32.2. The molecule has 7 heteroatoms. The number of para-hydroxylation sites is 3. The van der Waals surface area contributed by atoms with Crippen LogP contribution in [0.15, 0.2) is 94.2 Å². The number of benzene rings is 3. The van der Waals surface area contributed by atoms with Crippen molar-refractivity contribution in [3.05, 3.63) is 100 Å². The fraction of sp³-hybridized carbons (Fsp3) is 0.143. The molecule has 5 aromatic rings. The zero-order valence-electron chi connectivity index (χ0n) is 19.0. The second kappa shape index (κ2) is 9.24. The van der Waals surface area contributed by atoms with Gasteiger partial charge in [-0.05, 0) is 36.2 Å². The smallest absolute Gasteiger partial charge is 0.268 e. The van der Waals surface area contributed by atoms with Crippen LogP contribution in [0.5, 0.6) is 11.5 Å². The Bertz CT molecular complexity index is 1580. The molecule has 0 saturated carbocycles.